The van der Waals surface area contributed by atoms with Crippen LogP contribution in [0.2, 0.25) is 15.1 Å². The van der Waals surface area contributed by atoms with Gasteiger partial charge in [0.05, 0.1) is 16.6 Å². The molecule has 7 heteroatoms. The number of aromatic nitrogens is 2. The Labute approximate surface area is 185 Å². The first-order valence-corrected chi connectivity index (χ1v) is 11.5. The molecule has 0 atom stereocenters. The molecule has 0 aliphatic heterocycles. The van der Waals surface area contributed by atoms with Crippen molar-refractivity contribution in [2.75, 3.05) is 5.32 Å². The monoisotopic (exact) mass is 451 g/mol. The van der Waals surface area contributed by atoms with Gasteiger partial charge in [-0.2, -0.15) is 5.10 Å². The number of carbonyl (C=O) groups excluding carboxylic acids is 1. The van der Waals surface area contributed by atoms with E-state index in [1.165, 1.54) is 38.5 Å². The Hall–Kier alpha value is -1.23. The summed E-state index contributed by atoms with van der Waals surface area (Å²) in [7, 11) is 0. The molecule has 1 aromatic heterocycles. The topological polar surface area (TPSA) is 46.9 Å². The third kappa shape index (κ3) is 4.04. The summed E-state index contributed by atoms with van der Waals surface area (Å²) in [4.78, 5) is 12.8. The van der Waals surface area contributed by atoms with Gasteiger partial charge in [-0.1, -0.05) is 40.9 Å². The van der Waals surface area contributed by atoms with Crippen molar-refractivity contribution in [3.8, 4) is 0 Å². The maximum absolute atomic E-state index is 12.8. The van der Waals surface area contributed by atoms with E-state index in [2.05, 4.69) is 10.4 Å². The van der Waals surface area contributed by atoms with Crippen molar-refractivity contribution in [3.05, 3.63) is 45.0 Å². The minimum Gasteiger partial charge on any atom is -0.308 e. The molecule has 29 heavy (non-hydrogen) atoms. The standard InChI is InChI=1S/C22H24Cl3N3O/c23-17-2-1-13(6-18(17)24)11-28-12-19(25)21(27-28)26-20(29)10-22-7-14-3-15(8-22)5-16(4-14)9-22/h1-2,6,12,14-16H,3-5,7-11H2,(H,26,27,29). The fourth-order valence-electron chi connectivity index (χ4n) is 6.41. The van der Waals surface area contributed by atoms with E-state index >= 15 is 0 Å². The van der Waals surface area contributed by atoms with E-state index in [0.29, 0.717) is 33.9 Å². The lowest BCUT2D eigenvalue weighted by atomic mass is 9.49. The molecule has 6 rings (SSSR count). The molecule has 0 saturated heterocycles. The van der Waals surface area contributed by atoms with Crippen LogP contribution in [0.1, 0.15) is 50.5 Å². The number of hydrogen-bond donors (Lipinski definition) is 1. The van der Waals surface area contributed by atoms with E-state index in [-0.39, 0.29) is 11.3 Å². The molecule has 4 saturated carbocycles. The number of nitrogens with one attached hydrogen (secondary N) is 1. The van der Waals surface area contributed by atoms with Gasteiger partial charge >= 0.3 is 0 Å². The van der Waals surface area contributed by atoms with Crippen molar-refractivity contribution in [1.29, 1.82) is 0 Å². The minimum absolute atomic E-state index is 0.0358. The summed E-state index contributed by atoms with van der Waals surface area (Å²) in [5, 5.41) is 8.90. The molecule has 4 aliphatic rings. The summed E-state index contributed by atoms with van der Waals surface area (Å²) in [5.41, 5.74) is 1.17. The molecular weight excluding hydrogens is 429 g/mol. The molecule has 0 unspecified atom stereocenters. The molecule has 0 radical (unpaired) electrons. The fourth-order valence-corrected chi connectivity index (χ4v) is 6.93. The smallest absolute Gasteiger partial charge is 0.226 e. The van der Waals surface area contributed by atoms with Crippen LogP contribution in [0, 0.1) is 23.2 Å². The van der Waals surface area contributed by atoms with Crippen LogP contribution in [0.25, 0.3) is 0 Å². The van der Waals surface area contributed by atoms with Gasteiger partial charge in [0.1, 0.15) is 5.02 Å². The van der Waals surface area contributed by atoms with Crippen molar-refractivity contribution in [2.24, 2.45) is 23.2 Å². The molecule has 0 spiro atoms. The van der Waals surface area contributed by atoms with Crippen LogP contribution in [-0.2, 0) is 11.3 Å². The van der Waals surface area contributed by atoms with Crippen LogP contribution in [0.3, 0.4) is 0 Å². The van der Waals surface area contributed by atoms with Gasteiger partial charge < -0.3 is 5.32 Å². The maximum atomic E-state index is 12.8. The Bertz CT molecular complexity index is 919. The quantitative estimate of drug-likeness (QED) is 0.567. The van der Waals surface area contributed by atoms with Crippen LogP contribution in [0.5, 0.6) is 0 Å². The van der Waals surface area contributed by atoms with Crippen molar-refractivity contribution < 1.29 is 4.79 Å². The van der Waals surface area contributed by atoms with E-state index < -0.39 is 0 Å². The van der Waals surface area contributed by atoms with Gasteiger partial charge in [0, 0.05) is 12.6 Å². The zero-order valence-electron chi connectivity index (χ0n) is 16.1. The number of amides is 1. The Morgan fingerprint density at radius 2 is 1.69 bits per heavy atom. The Kier molecular flexibility index (Phi) is 5.08. The van der Waals surface area contributed by atoms with Gasteiger partial charge in [-0.05, 0) is 79.4 Å². The van der Waals surface area contributed by atoms with Crippen molar-refractivity contribution >= 4 is 46.5 Å². The summed E-state index contributed by atoms with van der Waals surface area (Å²) >= 11 is 18.4. The lowest BCUT2D eigenvalue weighted by molar-refractivity contribution is -0.124. The summed E-state index contributed by atoms with van der Waals surface area (Å²) < 4.78 is 1.71. The van der Waals surface area contributed by atoms with E-state index in [0.717, 1.165) is 23.3 Å². The number of carbonyl (C=O) groups is 1. The van der Waals surface area contributed by atoms with Crippen molar-refractivity contribution in [3.63, 3.8) is 0 Å². The predicted octanol–water partition coefficient (Wildman–Crippen LogP) is 6.44. The molecule has 1 heterocycles. The van der Waals surface area contributed by atoms with Gasteiger partial charge in [-0.3, -0.25) is 9.48 Å². The van der Waals surface area contributed by atoms with E-state index in [1.807, 2.05) is 12.1 Å². The zero-order valence-corrected chi connectivity index (χ0v) is 18.4. The van der Waals surface area contributed by atoms with Gasteiger partial charge in [0.2, 0.25) is 5.91 Å². The fraction of sp³-hybridized carbons (Fsp3) is 0.545. The van der Waals surface area contributed by atoms with E-state index in [9.17, 15) is 4.79 Å². The molecule has 1 aromatic carbocycles. The van der Waals surface area contributed by atoms with Crippen LogP contribution >= 0.6 is 34.8 Å². The average Bonchev–Trinajstić information content (AvgIpc) is 2.95. The first kappa shape index (κ1) is 19.7. The second-order valence-corrected chi connectivity index (χ2v) is 10.6. The summed E-state index contributed by atoms with van der Waals surface area (Å²) in [6.45, 7) is 0.501. The lowest BCUT2D eigenvalue weighted by Crippen LogP contribution is -2.47. The Morgan fingerprint density at radius 3 is 2.31 bits per heavy atom. The molecule has 4 aliphatic carbocycles. The Balaban J connectivity index is 1.25. The summed E-state index contributed by atoms with van der Waals surface area (Å²) in [6.07, 6.45) is 10.1. The van der Waals surface area contributed by atoms with Gasteiger partial charge in [-0.25, -0.2) is 0 Å². The first-order valence-electron chi connectivity index (χ1n) is 10.3. The highest BCUT2D eigenvalue weighted by Gasteiger charge is 2.51. The normalized spacial score (nSPS) is 30.0. The largest absolute Gasteiger partial charge is 0.308 e. The molecule has 154 valence electrons. The van der Waals surface area contributed by atoms with Crippen molar-refractivity contribution in [2.45, 2.75) is 51.5 Å². The van der Waals surface area contributed by atoms with Crippen LogP contribution < -0.4 is 5.32 Å². The zero-order chi connectivity index (χ0) is 20.2. The molecular formula is C22H24Cl3N3O. The predicted molar refractivity (Wildman–Crippen MR) is 117 cm³/mol. The highest BCUT2D eigenvalue weighted by molar-refractivity contribution is 6.42. The van der Waals surface area contributed by atoms with Crippen LogP contribution in [0.15, 0.2) is 24.4 Å². The molecule has 1 N–H and O–H groups in total. The molecule has 4 nitrogen and oxygen atoms in total. The number of halogens is 3. The minimum atomic E-state index is 0.0358. The second-order valence-electron chi connectivity index (χ2n) is 9.41. The van der Waals surface area contributed by atoms with Crippen LogP contribution in [0.4, 0.5) is 5.82 Å². The second kappa shape index (κ2) is 7.47. The van der Waals surface area contributed by atoms with Gasteiger partial charge in [0.25, 0.3) is 0 Å². The van der Waals surface area contributed by atoms with E-state index in [1.54, 1.807) is 16.9 Å². The van der Waals surface area contributed by atoms with Gasteiger partial charge in [0.15, 0.2) is 5.82 Å². The third-order valence-electron chi connectivity index (χ3n) is 7.00. The average molecular weight is 453 g/mol. The third-order valence-corrected chi connectivity index (χ3v) is 8.02. The number of nitrogens with zero attached hydrogens (tertiary/aromatic N) is 2. The number of hydrogen-bond acceptors (Lipinski definition) is 2. The maximum Gasteiger partial charge on any atom is 0.226 e. The SMILES string of the molecule is O=C(CC12CC3CC(CC(C3)C1)C2)Nc1nn(Cc2ccc(Cl)c(Cl)c2)cc1Cl. The van der Waals surface area contributed by atoms with E-state index in [4.69, 9.17) is 34.8 Å². The number of rotatable bonds is 5. The highest BCUT2D eigenvalue weighted by atomic mass is 35.5. The molecule has 4 fully saturated rings. The van der Waals surface area contributed by atoms with Crippen LogP contribution in [-0.4, -0.2) is 15.7 Å². The van der Waals surface area contributed by atoms with Crippen molar-refractivity contribution in [1.82, 2.24) is 9.78 Å². The summed E-state index contributed by atoms with van der Waals surface area (Å²) in [5.74, 6) is 2.98. The molecule has 4 bridgehead atoms. The lowest BCUT2D eigenvalue weighted by Gasteiger charge is -2.56. The summed E-state index contributed by atoms with van der Waals surface area (Å²) in [6, 6.07) is 5.47. The first-order chi connectivity index (χ1) is 13.9. The van der Waals surface area contributed by atoms with Gasteiger partial charge in [-0.15, -0.1) is 0 Å². The highest BCUT2D eigenvalue weighted by Crippen LogP contribution is 2.61. The molecule has 2 aromatic rings. The number of benzene rings is 1. The Morgan fingerprint density at radius 1 is 1.03 bits per heavy atom. The number of anilines is 1. The molecule has 1 amide bonds.